The van der Waals surface area contributed by atoms with Crippen molar-refractivity contribution >= 4 is 22.8 Å². The summed E-state index contributed by atoms with van der Waals surface area (Å²) in [6.45, 7) is 11.9. The first-order valence-electron chi connectivity index (χ1n) is 6.42. The Labute approximate surface area is 123 Å². The second-order valence-electron chi connectivity index (χ2n) is 5.63. The summed E-state index contributed by atoms with van der Waals surface area (Å²) in [6, 6.07) is 0. The largest absolute Gasteiger partial charge is 0.562 e. The van der Waals surface area contributed by atoms with E-state index in [9.17, 15) is 4.79 Å². The minimum atomic E-state index is -2.76. The van der Waals surface area contributed by atoms with Crippen LogP contribution in [0.5, 0.6) is 0 Å². The SMILES string of the molecule is C=CCOC(=O)C(C)=CO[Si](C[Si](C)(C)C)(OC)OC. The molecule has 5 nitrogen and oxygen atoms in total. The Morgan fingerprint density at radius 2 is 1.75 bits per heavy atom. The minimum Gasteiger partial charge on any atom is -0.507 e. The highest BCUT2D eigenvalue weighted by Crippen LogP contribution is 2.22. The Morgan fingerprint density at radius 1 is 1.20 bits per heavy atom. The summed E-state index contributed by atoms with van der Waals surface area (Å²) in [6.07, 6.45) is 2.89. The maximum absolute atomic E-state index is 11.6. The van der Waals surface area contributed by atoms with Crippen LogP contribution in [-0.4, -0.2) is 43.7 Å². The number of rotatable bonds is 9. The van der Waals surface area contributed by atoms with Gasteiger partial charge in [-0.15, -0.1) is 0 Å². The summed E-state index contributed by atoms with van der Waals surface area (Å²) in [5, 5.41) is 0. The Morgan fingerprint density at radius 3 is 2.15 bits per heavy atom. The molecule has 0 saturated heterocycles. The first kappa shape index (κ1) is 19.1. The summed E-state index contributed by atoms with van der Waals surface area (Å²) in [7, 11) is -1.03. The summed E-state index contributed by atoms with van der Waals surface area (Å²) < 4.78 is 21.6. The smallest absolute Gasteiger partial charge is 0.507 e. The zero-order chi connectivity index (χ0) is 15.8. The maximum Gasteiger partial charge on any atom is 0.562 e. The highest BCUT2D eigenvalue weighted by atomic mass is 28.4. The predicted molar refractivity (Wildman–Crippen MR) is 83.9 cm³/mol. The lowest BCUT2D eigenvalue weighted by molar-refractivity contribution is -0.137. The van der Waals surface area contributed by atoms with Crippen LogP contribution in [0.1, 0.15) is 6.92 Å². The zero-order valence-corrected chi connectivity index (χ0v) is 15.3. The second kappa shape index (κ2) is 8.40. The van der Waals surface area contributed by atoms with Crippen molar-refractivity contribution in [1.82, 2.24) is 0 Å². The molecular formula is C13H26O5Si2. The number of carbonyl (C=O) groups excluding carboxylic acids is 1. The van der Waals surface area contributed by atoms with Gasteiger partial charge in [-0.1, -0.05) is 32.3 Å². The van der Waals surface area contributed by atoms with Crippen LogP contribution in [0.15, 0.2) is 24.5 Å². The molecule has 0 aromatic heterocycles. The molecule has 0 saturated carbocycles. The summed E-state index contributed by atoms with van der Waals surface area (Å²) in [5.74, 6) is -0.437. The fraction of sp³-hybridized carbons (Fsp3) is 0.615. The molecule has 0 aliphatic heterocycles. The molecule has 0 fully saturated rings. The van der Waals surface area contributed by atoms with Gasteiger partial charge in [0, 0.05) is 19.9 Å². The van der Waals surface area contributed by atoms with E-state index in [1.165, 1.54) is 12.3 Å². The topological polar surface area (TPSA) is 54.0 Å². The van der Waals surface area contributed by atoms with Gasteiger partial charge in [0.2, 0.25) is 0 Å². The Bertz CT molecular complexity index is 356. The van der Waals surface area contributed by atoms with Crippen molar-refractivity contribution in [2.24, 2.45) is 0 Å². The van der Waals surface area contributed by atoms with E-state index in [0.717, 1.165) is 5.67 Å². The number of carbonyl (C=O) groups is 1. The molecule has 0 spiro atoms. The average molecular weight is 319 g/mol. The summed E-state index contributed by atoms with van der Waals surface area (Å²) in [5.41, 5.74) is 1.15. The van der Waals surface area contributed by atoms with Gasteiger partial charge in [0.15, 0.2) is 0 Å². The molecule has 0 N–H and O–H groups in total. The molecule has 0 amide bonds. The van der Waals surface area contributed by atoms with E-state index in [0.29, 0.717) is 5.57 Å². The van der Waals surface area contributed by atoms with Crippen LogP contribution in [0.25, 0.3) is 0 Å². The zero-order valence-electron chi connectivity index (χ0n) is 13.3. The fourth-order valence-corrected chi connectivity index (χ4v) is 8.89. The van der Waals surface area contributed by atoms with Crippen molar-refractivity contribution < 1.29 is 22.8 Å². The number of ether oxygens (including phenoxy) is 1. The quantitative estimate of drug-likeness (QED) is 0.215. The second-order valence-corrected chi connectivity index (χ2v) is 14.6. The molecule has 116 valence electrons. The van der Waals surface area contributed by atoms with Gasteiger partial charge in [-0.3, -0.25) is 0 Å². The molecule has 20 heavy (non-hydrogen) atoms. The van der Waals surface area contributed by atoms with Crippen molar-refractivity contribution in [1.29, 1.82) is 0 Å². The van der Waals surface area contributed by atoms with Gasteiger partial charge in [-0.2, -0.15) is 0 Å². The van der Waals surface area contributed by atoms with Crippen molar-refractivity contribution in [3.63, 3.8) is 0 Å². The molecule has 0 aromatic rings. The number of hydrogen-bond acceptors (Lipinski definition) is 5. The lowest BCUT2D eigenvalue weighted by Gasteiger charge is -2.30. The van der Waals surface area contributed by atoms with Crippen molar-refractivity contribution in [2.75, 3.05) is 20.8 Å². The Hall–Kier alpha value is -0.896. The first-order chi connectivity index (χ1) is 9.19. The molecule has 0 aromatic carbocycles. The van der Waals surface area contributed by atoms with Crippen LogP contribution in [0.2, 0.25) is 25.3 Å². The number of hydrogen-bond donors (Lipinski definition) is 0. The van der Waals surface area contributed by atoms with E-state index in [1.807, 2.05) is 0 Å². The predicted octanol–water partition coefficient (Wildman–Crippen LogP) is 2.75. The lowest BCUT2D eigenvalue weighted by Crippen LogP contribution is -2.48. The standard InChI is InChI=1S/C13H26O5Si2/c1-8-9-17-13(14)12(2)10-18-20(15-3,16-4)11-19(5,6)7/h8,10H,1,9,11H2,2-7H3. The van der Waals surface area contributed by atoms with Gasteiger partial charge in [-0.25, -0.2) is 4.79 Å². The Balaban J connectivity index is 4.83. The van der Waals surface area contributed by atoms with Gasteiger partial charge in [0.1, 0.15) is 6.61 Å². The van der Waals surface area contributed by atoms with E-state index in [-0.39, 0.29) is 6.61 Å². The molecule has 0 unspecified atom stereocenters. The molecule has 0 aliphatic carbocycles. The molecule has 0 heterocycles. The van der Waals surface area contributed by atoms with Gasteiger partial charge in [-0.05, 0) is 6.92 Å². The monoisotopic (exact) mass is 318 g/mol. The summed E-state index contributed by atoms with van der Waals surface area (Å²) in [4.78, 5) is 11.6. The molecular weight excluding hydrogens is 292 g/mol. The third-order valence-corrected chi connectivity index (χ3v) is 10.1. The Kier molecular flexibility index (Phi) is 8.03. The third-order valence-electron chi connectivity index (χ3n) is 2.44. The van der Waals surface area contributed by atoms with E-state index >= 15 is 0 Å². The molecule has 0 bridgehead atoms. The van der Waals surface area contributed by atoms with Crippen molar-refractivity contribution in [2.45, 2.75) is 32.2 Å². The van der Waals surface area contributed by atoms with Crippen LogP contribution in [0.3, 0.4) is 0 Å². The van der Waals surface area contributed by atoms with Crippen LogP contribution in [-0.2, 0) is 22.8 Å². The first-order valence-corrected chi connectivity index (χ1v) is 12.1. The highest BCUT2D eigenvalue weighted by Gasteiger charge is 2.45. The highest BCUT2D eigenvalue weighted by molar-refractivity contribution is 6.88. The van der Waals surface area contributed by atoms with Crippen molar-refractivity contribution in [3.8, 4) is 0 Å². The molecule has 0 radical (unpaired) electrons. The van der Waals surface area contributed by atoms with Crippen LogP contribution < -0.4 is 0 Å². The summed E-state index contributed by atoms with van der Waals surface area (Å²) >= 11 is 0. The van der Waals surface area contributed by atoms with Gasteiger partial charge in [0.25, 0.3) is 0 Å². The molecule has 7 heteroatoms. The maximum atomic E-state index is 11.6. The van der Waals surface area contributed by atoms with Gasteiger partial charge < -0.3 is 18.0 Å². The van der Waals surface area contributed by atoms with Crippen LogP contribution in [0, 0.1) is 0 Å². The van der Waals surface area contributed by atoms with E-state index in [4.69, 9.17) is 18.0 Å². The van der Waals surface area contributed by atoms with Crippen LogP contribution >= 0.6 is 0 Å². The van der Waals surface area contributed by atoms with Gasteiger partial charge >= 0.3 is 14.8 Å². The van der Waals surface area contributed by atoms with Crippen LogP contribution in [0.4, 0.5) is 0 Å². The van der Waals surface area contributed by atoms with Crippen molar-refractivity contribution in [3.05, 3.63) is 24.5 Å². The van der Waals surface area contributed by atoms with E-state index in [1.54, 1.807) is 21.1 Å². The lowest BCUT2D eigenvalue weighted by atomic mass is 10.3. The molecule has 0 rings (SSSR count). The van der Waals surface area contributed by atoms with E-state index < -0.39 is 22.8 Å². The molecule has 0 aliphatic rings. The number of esters is 1. The van der Waals surface area contributed by atoms with E-state index in [2.05, 4.69) is 26.2 Å². The molecule has 0 atom stereocenters. The fourth-order valence-electron chi connectivity index (χ4n) is 1.49. The third kappa shape index (κ3) is 7.04. The van der Waals surface area contributed by atoms with Gasteiger partial charge in [0.05, 0.1) is 19.9 Å². The average Bonchev–Trinajstić information content (AvgIpc) is 2.39. The normalized spacial score (nSPS) is 13.0. The minimum absolute atomic E-state index is 0.177.